The zero-order chi connectivity index (χ0) is 47.4. The third-order valence-electron chi connectivity index (χ3n) is 12.4. The van der Waals surface area contributed by atoms with Crippen LogP contribution in [0, 0.1) is 17.8 Å². The molecule has 1 spiro atoms. The molecule has 5 aromatic carbocycles. The van der Waals surface area contributed by atoms with Crippen LogP contribution in [0.3, 0.4) is 0 Å². The Labute approximate surface area is 390 Å². The Morgan fingerprint density at radius 2 is 1.59 bits per heavy atom. The van der Waals surface area contributed by atoms with E-state index in [0.717, 1.165) is 10.4 Å². The van der Waals surface area contributed by atoms with Crippen LogP contribution < -0.4 is 26.0 Å². The molecule has 6 aromatic rings. The number of nitrogens with one attached hydrogen (secondary N) is 3. The second-order valence-electron chi connectivity index (χ2n) is 16.3. The van der Waals surface area contributed by atoms with E-state index in [0.29, 0.717) is 39.3 Å². The molecule has 4 heterocycles. The number of rotatable bonds is 13. The highest BCUT2D eigenvalue weighted by Gasteiger charge is 2.75. The van der Waals surface area contributed by atoms with Gasteiger partial charge in [0.1, 0.15) is 42.3 Å². The number of fused-ring (bicyclic) bond motifs is 4. The molecule has 2 fully saturated rings. The number of H-pyrrole nitrogens is 1. The number of imide groups is 1. The zero-order valence-electron chi connectivity index (χ0n) is 36.8. The summed E-state index contributed by atoms with van der Waals surface area (Å²) >= 11 is 0. The maximum Gasteiger partial charge on any atom is 0.421 e. The molecule has 3 aliphatic rings. The third-order valence-corrected chi connectivity index (χ3v) is 12.4. The molecule has 0 saturated carbocycles. The Bertz CT molecular complexity index is 2900. The molecule has 17 nitrogen and oxygen atoms in total. The maximum absolute atomic E-state index is 16.4. The second kappa shape index (κ2) is 19.4. The van der Waals surface area contributed by atoms with E-state index in [9.17, 15) is 14.7 Å². The first-order valence-electron chi connectivity index (χ1n) is 22.0. The number of hydrogen-bond acceptors (Lipinski definition) is 12. The van der Waals surface area contributed by atoms with Gasteiger partial charge in [-0.1, -0.05) is 96.8 Å². The van der Waals surface area contributed by atoms with Crippen molar-refractivity contribution in [2.24, 2.45) is 11.7 Å². The summed E-state index contributed by atoms with van der Waals surface area (Å²) in [5.41, 5.74) is 7.02. The van der Waals surface area contributed by atoms with Crippen LogP contribution in [0.4, 0.5) is 15.3 Å². The molecule has 6 N–H and O–H groups in total. The van der Waals surface area contributed by atoms with Gasteiger partial charge in [-0.15, -0.1) is 0 Å². The van der Waals surface area contributed by atoms with Crippen molar-refractivity contribution in [1.29, 1.82) is 0 Å². The summed E-state index contributed by atoms with van der Waals surface area (Å²) in [7, 11) is 1.44. The molecule has 1 aromatic heterocycles. The summed E-state index contributed by atoms with van der Waals surface area (Å²) in [4.78, 5) is 84.2. The number of aromatic amines is 1. The Hall–Kier alpha value is -8.04. The summed E-state index contributed by atoms with van der Waals surface area (Å²) in [6, 6.07) is 33.3. The van der Waals surface area contributed by atoms with Crippen LogP contribution in [0.25, 0.3) is 11.0 Å². The van der Waals surface area contributed by atoms with Crippen molar-refractivity contribution in [1.82, 2.24) is 25.5 Å². The number of imidazole rings is 1. The molecule has 3 aliphatic heterocycles. The molecule has 346 valence electrons. The number of benzene rings is 5. The van der Waals surface area contributed by atoms with Gasteiger partial charge in [0.2, 0.25) is 11.8 Å². The van der Waals surface area contributed by atoms with Gasteiger partial charge >= 0.3 is 18.1 Å². The van der Waals surface area contributed by atoms with Crippen molar-refractivity contribution in [3.63, 3.8) is 0 Å². The number of aromatic nitrogens is 2. The van der Waals surface area contributed by atoms with Crippen molar-refractivity contribution in [2.75, 3.05) is 45.0 Å². The number of cyclic esters (lactones) is 1. The van der Waals surface area contributed by atoms with Crippen LogP contribution in [0.1, 0.15) is 51.8 Å². The van der Waals surface area contributed by atoms with Gasteiger partial charge in [0.15, 0.2) is 0 Å². The lowest BCUT2D eigenvalue weighted by atomic mass is 9.65. The van der Waals surface area contributed by atoms with Crippen LogP contribution in [0.2, 0.25) is 0 Å². The molecule has 6 atom stereocenters. The predicted molar refractivity (Wildman–Crippen MR) is 247 cm³/mol. The van der Waals surface area contributed by atoms with Gasteiger partial charge < -0.3 is 45.4 Å². The highest BCUT2D eigenvalue weighted by Crippen LogP contribution is 2.66. The largest absolute Gasteiger partial charge is 0.491 e. The summed E-state index contributed by atoms with van der Waals surface area (Å²) in [5.74, 6) is 2.67. The number of esters is 1. The summed E-state index contributed by atoms with van der Waals surface area (Å²) in [6.45, 7) is -0.757. The Morgan fingerprint density at radius 3 is 2.32 bits per heavy atom. The molecule has 0 radical (unpaired) electrons. The lowest BCUT2D eigenvalue weighted by Gasteiger charge is -2.46. The first-order chi connectivity index (χ1) is 33.1. The van der Waals surface area contributed by atoms with Gasteiger partial charge in [0.05, 0.1) is 61.0 Å². The number of carbonyl (C=O) groups is 5. The fourth-order valence-electron chi connectivity index (χ4n) is 9.83. The van der Waals surface area contributed by atoms with E-state index < -0.39 is 65.5 Å². The number of nitrogens with two attached hydrogens (primary N) is 1. The number of amides is 5. The quantitative estimate of drug-likeness (QED) is 0.0603. The molecular weight excluding hydrogens is 871 g/mol. The maximum atomic E-state index is 16.4. The van der Waals surface area contributed by atoms with Crippen LogP contribution in [-0.4, -0.2) is 96.0 Å². The average molecular weight is 918 g/mol. The average Bonchev–Trinajstić information content (AvgIpc) is 4.00. The van der Waals surface area contributed by atoms with Gasteiger partial charge in [0, 0.05) is 12.7 Å². The number of ether oxygens (including phenoxy) is 4. The first-order valence-corrected chi connectivity index (χ1v) is 22.0. The molecule has 17 heteroatoms. The van der Waals surface area contributed by atoms with Crippen molar-refractivity contribution in [3.8, 4) is 17.6 Å². The van der Waals surface area contributed by atoms with Crippen LogP contribution in [0.15, 0.2) is 127 Å². The van der Waals surface area contributed by atoms with E-state index in [2.05, 4.69) is 32.4 Å². The van der Waals surface area contributed by atoms with E-state index in [1.807, 2.05) is 89.8 Å². The molecule has 0 bridgehead atoms. The van der Waals surface area contributed by atoms with Gasteiger partial charge in [-0.05, 0) is 64.7 Å². The van der Waals surface area contributed by atoms with Crippen molar-refractivity contribution >= 4 is 46.6 Å². The predicted octanol–water partition coefficient (Wildman–Crippen LogP) is 4.72. The number of carbonyl (C=O) groups excluding carboxylic acids is 5. The number of anilines is 1. The monoisotopic (exact) mass is 917 g/mol. The fourth-order valence-corrected chi connectivity index (χ4v) is 9.83. The molecule has 0 aliphatic carbocycles. The fraction of sp³-hybridized carbons (Fsp3) is 0.255. The van der Waals surface area contributed by atoms with E-state index >= 15 is 14.4 Å². The standard InChI is InChI=1S/C51H47N7O10/c1-65-26-27-67-50(64)57-39-22-21-31(12-11-23-53-49(52)63)28-36(39)51(48(57)62)41(46(60)54-30-40-55-37-19-8-9-20-38(37)56-40)43-47(61)68-44(33-15-6-3-7-16-33)42(32-13-4-2-5-14-32)58(43)45(51)34-17-10-18-35(29-34)66-25-24-59/h2-10,13-22,28-29,41-45,59H,23-27,30H2,1H3,(H,54,60)(H,55,56)(H3,52,53,63). The highest BCUT2D eigenvalue weighted by molar-refractivity contribution is 6.23. The molecule has 68 heavy (non-hydrogen) atoms. The number of hydrogen-bond donors (Lipinski definition) is 5. The van der Waals surface area contributed by atoms with E-state index in [1.54, 1.807) is 42.5 Å². The number of aliphatic hydroxyl groups excluding tert-OH is 1. The SMILES string of the molecule is COCCOC(=O)N1C(=O)C2(c3cc(C#CCNC(N)=O)ccc31)C(C(=O)NCc1nc3ccccc3[nH]1)C1C(=O)OC(c3ccccc3)C(c3ccccc3)N1C2c1cccc(OCCO)c1. The minimum Gasteiger partial charge on any atom is -0.491 e. The van der Waals surface area contributed by atoms with Gasteiger partial charge in [-0.25, -0.2) is 19.5 Å². The number of para-hydroxylation sites is 2. The van der Waals surface area contributed by atoms with E-state index in [-0.39, 0.29) is 50.8 Å². The highest BCUT2D eigenvalue weighted by atomic mass is 16.6. The minimum absolute atomic E-state index is 0.0248. The number of methoxy groups -OCH3 is 1. The first kappa shape index (κ1) is 45.1. The number of morpholine rings is 1. The summed E-state index contributed by atoms with van der Waals surface area (Å²) < 4.78 is 23.3. The van der Waals surface area contributed by atoms with Gasteiger partial charge in [-0.3, -0.25) is 19.3 Å². The smallest absolute Gasteiger partial charge is 0.421 e. The molecule has 5 amide bonds. The summed E-state index contributed by atoms with van der Waals surface area (Å²) in [5, 5.41) is 15.2. The number of nitrogens with zero attached hydrogens (tertiary/aromatic N) is 3. The molecule has 6 unspecified atom stereocenters. The van der Waals surface area contributed by atoms with E-state index in [1.165, 1.54) is 7.11 Å². The summed E-state index contributed by atoms with van der Waals surface area (Å²) in [6.07, 6.45) is -2.00. The van der Waals surface area contributed by atoms with Crippen LogP contribution in [-0.2, 0) is 40.6 Å². The Kier molecular flexibility index (Phi) is 12.9. The van der Waals surface area contributed by atoms with Crippen molar-refractivity contribution in [2.45, 2.75) is 36.2 Å². The minimum atomic E-state index is -2.13. The Balaban J connectivity index is 1.33. The van der Waals surface area contributed by atoms with Crippen LogP contribution in [0.5, 0.6) is 5.75 Å². The second-order valence-corrected chi connectivity index (χ2v) is 16.3. The van der Waals surface area contributed by atoms with Crippen molar-refractivity contribution in [3.05, 3.63) is 161 Å². The lowest BCUT2D eigenvalue weighted by molar-refractivity contribution is -0.178. The lowest BCUT2D eigenvalue weighted by Crippen LogP contribution is -2.55. The van der Waals surface area contributed by atoms with Gasteiger partial charge in [-0.2, -0.15) is 0 Å². The zero-order valence-corrected chi connectivity index (χ0v) is 36.8. The molecular formula is C51H47N7O10. The topological polar surface area (TPSA) is 228 Å². The Morgan fingerprint density at radius 1 is 0.853 bits per heavy atom. The van der Waals surface area contributed by atoms with Gasteiger partial charge in [0.25, 0.3) is 0 Å². The van der Waals surface area contributed by atoms with E-state index in [4.69, 9.17) is 24.7 Å². The molecule has 2 saturated heterocycles. The number of primary amides is 1. The van der Waals surface area contributed by atoms with Crippen molar-refractivity contribution < 1.29 is 48.0 Å². The number of urea groups is 1. The molecule has 9 rings (SSSR count). The number of aliphatic hydroxyl groups is 1. The third kappa shape index (κ3) is 8.25. The van der Waals surface area contributed by atoms with Crippen LogP contribution >= 0.6 is 0 Å². The normalized spacial score (nSPS) is 21.6.